The zero-order valence-corrected chi connectivity index (χ0v) is 18.3. The lowest BCUT2D eigenvalue weighted by molar-refractivity contribution is -0.127. The first-order valence-electron chi connectivity index (χ1n) is 8.84. The second kappa shape index (κ2) is 9.21. The number of likely N-dealkylation sites (tertiary alicyclic amines) is 1. The molecule has 1 saturated heterocycles. The van der Waals surface area contributed by atoms with Gasteiger partial charge in [0.15, 0.2) is 5.96 Å². The zero-order valence-electron chi connectivity index (χ0n) is 15.2. The van der Waals surface area contributed by atoms with E-state index in [-0.39, 0.29) is 36.4 Å². The van der Waals surface area contributed by atoms with Crippen LogP contribution in [0.3, 0.4) is 0 Å². The van der Waals surface area contributed by atoms with E-state index in [0.717, 1.165) is 25.6 Å². The number of carbonyl (C=O) groups excluding carboxylic acids is 1. The van der Waals surface area contributed by atoms with E-state index in [1.54, 1.807) is 30.3 Å². The van der Waals surface area contributed by atoms with Crippen LogP contribution < -0.4 is 5.32 Å². The van der Waals surface area contributed by atoms with Crippen LogP contribution in [0.2, 0.25) is 0 Å². The normalized spacial score (nSPS) is 19.1. The molecule has 2 aliphatic rings. The Balaban J connectivity index is 0.00000225. The van der Waals surface area contributed by atoms with Crippen molar-refractivity contribution in [3.05, 3.63) is 22.4 Å². The highest BCUT2D eigenvalue weighted by molar-refractivity contribution is 14.0. The zero-order chi connectivity index (χ0) is 17.0. The molecule has 0 aromatic carbocycles. The van der Waals surface area contributed by atoms with Crippen molar-refractivity contribution in [1.82, 2.24) is 15.1 Å². The predicted octanol–water partition coefficient (Wildman–Crippen LogP) is 3.17. The standard InChI is InChI=1S/C18H28N4OS.HI/c1-21(2)16(23)13-20-17(19-12-15-6-5-11-24-15)22-10-9-18(14-22)7-3-4-8-18;/h5-6,11H,3-4,7-10,12-14H2,1-2H3,(H,19,20);1H. The van der Waals surface area contributed by atoms with Crippen molar-refractivity contribution in [3.8, 4) is 0 Å². The number of carbonyl (C=O) groups is 1. The summed E-state index contributed by atoms with van der Waals surface area (Å²) in [4.78, 5) is 21.8. The summed E-state index contributed by atoms with van der Waals surface area (Å²) in [6.45, 7) is 3.12. The predicted molar refractivity (Wildman–Crippen MR) is 115 cm³/mol. The molecule has 0 radical (unpaired) electrons. The Morgan fingerprint density at radius 2 is 2.12 bits per heavy atom. The molecule has 140 valence electrons. The second-order valence-electron chi connectivity index (χ2n) is 7.24. The summed E-state index contributed by atoms with van der Waals surface area (Å²) in [5.74, 6) is 0.933. The Morgan fingerprint density at radius 1 is 1.36 bits per heavy atom. The van der Waals surface area contributed by atoms with E-state index in [9.17, 15) is 4.79 Å². The summed E-state index contributed by atoms with van der Waals surface area (Å²) in [5, 5.41) is 5.57. The first kappa shape index (κ1) is 20.5. The van der Waals surface area contributed by atoms with E-state index in [2.05, 4.69) is 32.7 Å². The lowest BCUT2D eigenvalue weighted by atomic mass is 9.86. The highest BCUT2D eigenvalue weighted by Gasteiger charge is 2.41. The maximum Gasteiger partial charge on any atom is 0.243 e. The quantitative estimate of drug-likeness (QED) is 0.413. The van der Waals surface area contributed by atoms with Crippen molar-refractivity contribution in [2.45, 2.75) is 38.6 Å². The second-order valence-corrected chi connectivity index (χ2v) is 8.27. The first-order valence-corrected chi connectivity index (χ1v) is 9.72. The Labute approximate surface area is 171 Å². The summed E-state index contributed by atoms with van der Waals surface area (Å²) in [5.41, 5.74) is 0.497. The van der Waals surface area contributed by atoms with E-state index < -0.39 is 0 Å². The molecular formula is C18H29IN4OS. The number of nitrogens with zero attached hydrogens (tertiary/aromatic N) is 3. The third kappa shape index (κ3) is 5.32. The van der Waals surface area contributed by atoms with Gasteiger partial charge in [0.05, 0.1) is 6.54 Å². The molecule has 7 heteroatoms. The van der Waals surface area contributed by atoms with E-state index in [4.69, 9.17) is 0 Å². The van der Waals surface area contributed by atoms with Gasteiger partial charge in [0.2, 0.25) is 5.91 Å². The third-order valence-electron chi connectivity index (χ3n) is 5.27. The van der Waals surface area contributed by atoms with Gasteiger partial charge in [-0.05, 0) is 36.1 Å². The number of guanidine groups is 1. The lowest BCUT2D eigenvalue weighted by Gasteiger charge is -2.26. The summed E-state index contributed by atoms with van der Waals surface area (Å²) in [7, 11) is 3.56. The fraction of sp³-hybridized carbons (Fsp3) is 0.667. The molecule has 1 saturated carbocycles. The monoisotopic (exact) mass is 476 g/mol. The average Bonchev–Trinajstić information content (AvgIpc) is 3.31. The van der Waals surface area contributed by atoms with Gasteiger partial charge in [-0.3, -0.25) is 4.79 Å². The maximum atomic E-state index is 11.9. The maximum absolute atomic E-state index is 11.9. The molecule has 0 atom stereocenters. The number of rotatable bonds is 4. The van der Waals surface area contributed by atoms with Crippen LogP contribution in [-0.4, -0.2) is 55.4 Å². The van der Waals surface area contributed by atoms with Gasteiger partial charge < -0.3 is 15.1 Å². The molecule has 1 aromatic rings. The number of aliphatic imine (C=N–C) groups is 1. The molecular weight excluding hydrogens is 447 g/mol. The fourth-order valence-electron chi connectivity index (χ4n) is 3.78. The van der Waals surface area contributed by atoms with Crippen molar-refractivity contribution in [3.63, 3.8) is 0 Å². The van der Waals surface area contributed by atoms with Crippen LogP contribution in [-0.2, 0) is 11.3 Å². The Morgan fingerprint density at radius 3 is 2.76 bits per heavy atom. The minimum atomic E-state index is 0. The number of likely N-dealkylation sites (N-methyl/N-ethyl adjacent to an activating group) is 1. The van der Waals surface area contributed by atoms with Gasteiger partial charge in [-0.1, -0.05) is 18.9 Å². The van der Waals surface area contributed by atoms with Crippen LogP contribution in [0.15, 0.2) is 22.5 Å². The molecule has 25 heavy (non-hydrogen) atoms. The lowest BCUT2D eigenvalue weighted by Crippen LogP contribution is -2.41. The topological polar surface area (TPSA) is 47.9 Å². The van der Waals surface area contributed by atoms with Crippen LogP contribution >= 0.6 is 35.3 Å². The van der Waals surface area contributed by atoms with E-state index in [1.165, 1.54) is 37.0 Å². The van der Waals surface area contributed by atoms with Crippen LogP contribution in [0.4, 0.5) is 0 Å². The average molecular weight is 476 g/mol. The molecule has 3 rings (SSSR count). The number of nitrogens with one attached hydrogen (secondary N) is 1. The van der Waals surface area contributed by atoms with Gasteiger partial charge in [-0.2, -0.15) is 0 Å². The van der Waals surface area contributed by atoms with E-state index in [1.807, 2.05) is 0 Å². The molecule has 1 N–H and O–H groups in total. The smallest absolute Gasteiger partial charge is 0.243 e. The summed E-state index contributed by atoms with van der Waals surface area (Å²) < 4.78 is 0. The van der Waals surface area contributed by atoms with Crippen LogP contribution in [0.1, 0.15) is 37.0 Å². The molecule has 2 heterocycles. The van der Waals surface area contributed by atoms with Crippen molar-refractivity contribution < 1.29 is 4.79 Å². The SMILES string of the molecule is CN(C)C(=O)CN=C(NCc1cccs1)N1CCC2(CCCC2)C1.I. The van der Waals surface area contributed by atoms with Crippen LogP contribution in [0, 0.1) is 5.41 Å². The molecule has 1 aromatic heterocycles. The van der Waals surface area contributed by atoms with Gasteiger partial charge in [0.25, 0.3) is 0 Å². The summed E-state index contributed by atoms with van der Waals surface area (Å²) in [6.07, 6.45) is 6.68. The van der Waals surface area contributed by atoms with Gasteiger partial charge >= 0.3 is 0 Å². The first-order chi connectivity index (χ1) is 11.6. The van der Waals surface area contributed by atoms with Crippen molar-refractivity contribution >= 4 is 47.2 Å². The Kier molecular flexibility index (Phi) is 7.54. The van der Waals surface area contributed by atoms with Crippen LogP contribution in [0.25, 0.3) is 0 Å². The highest BCUT2D eigenvalue weighted by Crippen LogP contribution is 2.45. The molecule has 2 fully saturated rings. The van der Waals surface area contributed by atoms with Gasteiger partial charge in [0, 0.05) is 32.1 Å². The number of halogens is 1. The van der Waals surface area contributed by atoms with Gasteiger partial charge in [-0.15, -0.1) is 35.3 Å². The number of thiophene rings is 1. The Bertz CT molecular complexity index is 582. The number of hydrogen-bond donors (Lipinski definition) is 1. The molecule has 1 spiro atoms. The van der Waals surface area contributed by atoms with Gasteiger partial charge in [-0.25, -0.2) is 4.99 Å². The summed E-state index contributed by atoms with van der Waals surface area (Å²) >= 11 is 1.74. The molecule has 0 unspecified atom stereocenters. The molecule has 1 amide bonds. The Hall–Kier alpha value is -0.830. The molecule has 0 bridgehead atoms. The number of hydrogen-bond acceptors (Lipinski definition) is 3. The summed E-state index contributed by atoms with van der Waals surface area (Å²) in [6, 6.07) is 4.19. The largest absolute Gasteiger partial charge is 0.351 e. The minimum Gasteiger partial charge on any atom is -0.351 e. The molecule has 1 aliphatic heterocycles. The fourth-order valence-corrected chi connectivity index (χ4v) is 4.42. The molecule has 5 nitrogen and oxygen atoms in total. The highest BCUT2D eigenvalue weighted by atomic mass is 127. The van der Waals surface area contributed by atoms with E-state index >= 15 is 0 Å². The van der Waals surface area contributed by atoms with E-state index in [0.29, 0.717) is 5.41 Å². The molecule has 1 aliphatic carbocycles. The third-order valence-corrected chi connectivity index (χ3v) is 6.14. The number of amides is 1. The van der Waals surface area contributed by atoms with Gasteiger partial charge in [0.1, 0.15) is 6.54 Å². The van der Waals surface area contributed by atoms with Crippen LogP contribution in [0.5, 0.6) is 0 Å². The minimum absolute atomic E-state index is 0. The van der Waals surface area contributed by atoms with Crippen molar-refractivity contribution in [1.29, 1.82) is 0 Å². The van der Waals surface area contributed by atoms with Crippen molar-refractivity contribution in [2.24, 2.45) is 10.4 Å². The van der Waals surface area contributed by atoms with Crippen molar-refractivity contribution in [2.75, 3.05) is 33.7 Å².